The van der Waals surface area contributed by atoms with E-state index >= 15 is 0 Å². The first-order valence-corrected chi connectivity index (χ1v) is 7.12. The Balaban J connectivity index is 3.36. The molecule has 0 bridgehead atoms. The van der Waals surface area contributed by atoms with E-state index in [9.17, 15) is 12.8 Å². The molecule has 0 fully saturated rings. The van der Waals surface area contributed by atoms with Crippen LogP contribution in [0.25, 0.3) is 0 Å². The van der Waals surface area contributed by atoms with Crippen molar-refractivity contribution >= 4 is 27.3 Å². The number of sulfonamides is 1. The van der Waals surface area contributed by atoms with Crippen molar-refractivity contribution in [1.82, 2.24) is 4.31 Å². The third-order valence-electron chi connectivity index (χ3n) is 2.33. The van der Waals surface area contributed by atoms with E-state index in [1.54, 1.807) is 0 Å². The first-order valence-electron chi connectivity index (χ1n) is 5.31. The molecule has 5 nitrogen and oxygen atoms in total. The van der Waals surface area contributed by atoms with Gasteiger partial charge in [0.2, 0.25) is 10.0 Å². The molecule has 1 rings (SSSR count). The van der Waals surface area contributed by atoms with Crippen molar-refractivity contribution in [3.63, 3.8) is 0 Å². The predicted octanol–water partition coefficient (Wildman–Crippen LogP) is 1.23. The molecule has 0 saturated carbocycles. The summed E-state index contributed by atoms with van der Waals surface area (Å²) in [5.74, 6) is -1.06. The normalized spacial score (nSPS) is 11.8. The van der Waals surface area contributed by atoms with Gasteiger partial charge in [0.05, 0.1) is 12.3 Å². The monoisotopic (exact) mass is 308 g/mol. The summed E-state index contributed by atoms with van der Waals surface area (Å²) in [4.78, 5) is -0.618. The van der Waals surface area contributed by atoms with Gasteiger partial charge in [0, 0.05) is 18.1 Å². The Kier molecular flexibility index (Phi) is 5.30. The van der Waals surface area contributed by atoms with Crippen LogP contribution in [0.15, 0.2) is 29.7 Å². The summed E-state index contributed by atoms with van der Waals surface area (Å²) in [6.07, 6.45) is 1.33. The molecular formula is C11H14ClFN2O3S. The number of rotatable bonds is 6. The maximum absolute atomic E-state index is 13.8. The van der Waals surface area contributed by atoms with Crippen LogP contribution < -0.4 is 5.73 Å². The van der Waals surface area contributed by atoms with Crippen molar-refractivity contribution < 1.29 is 17.9 Å². The molecule has 3 N–H and O–H groups in total. The Morgan fingerprint density at radius 2 is 2.16 bits per heavy atom. The number of nitrogens with two attached hydrogens (primary N) is 1. The lowest BCUT2D eigenvalue weighted by atomic mass is 10.3. The van der Waals surface area contributed by atoms with E-state index < -0.39 is 27.3 Å². The van der Waals surface area contributed by atoms with Gasteiger partial charge in [-0.2, -0.15) is 4.31 Å². The van der Waals surface area contributed by atoms with E-state index in [1.807, 2.05) is 0 Å². The minimum Gasteiger partial charge on any atom is -0.396 e. The third-order valence-corrected chi connectivity index (χ3v) is 4.41. The summed E-state index contributed by atoms with van der Waals surface area (Å²) < 4.78 is 39.2. The van der Waals surface area contributed by atoms with Crippen LogP contribution in [0.1, 0.15) is 0 Å². The van der Waals surface area contributed by atoms with Gasteiger partial charge in [-0.15, -0.1) is 6.58 Å². The van der Waals surface area contributed by atoms with Gasteiger partial charge in [0.15, 0.2) is 5.82 Å². The number of hydrogen-bond acceptors (Lipinski definition) is 4. The van der Waals surface area contributed by atoms with Crippen LogP contribution in [-0.4, -0.2) is 37.5 Å². The molecule has 0 atom stereocenters. The van der Waals surface area contributed by atoms with Gasteiger partial charge in [-0.25, -0.2) is 12.8 Å². The second kappa shape index (κ2) is 6.33. The summed E-state index contributed by atoms with van der Waals surface area (Å²) >= 11 is 5.69. The van der Waals surface area contributed by atoms with Crippen molar-refractivity contribution in [2.24, 2.45) is 0 Å². The largest absolute Gasteiger partial charge is 0.396 e. The fourth-order valence-electron chi connectivity index (χ4n) is 1.48. The van der Waals surface area contributed by atoms with E-state index in [2.05, 4.69) is 6.58 Å². The summed E-state index contributed by atoms with van der Waals surface area (Å²) in [5.41, 5.74) is 5.00. The van der Waals surface area contributed by atoms with E-state index in [0.717, 1.165) is 16.4 Å². The van der Waals surface area contributed by atoms with Gasteiger partial charge < -0.3 is 10.8 Å². The zero-order valence-corrected chi connectivity index (χ0v) is 11.6. The van der Waals surface area contributed by atoms with Crippen molar-refractivity contribution in [3.05, 3.63) is 35.6 Å². The highest BCUT2D eigenvalue weighted by molar-refractivity contribution is 7.89. The molecule has 0 aliphatic rings. The van der Waals surface area contributed by atoms with Gasteiger partial charge in [-0.1, -0.05) is 17.7 Å². The van der Waals surface area contributed by atoms with E-state index in [1.165, 1.54) is 6.08 Å². The number of aliphatic hydroxyl groups excluding tert-OH is 1. The number of nitrogens with zero attached hydrogens (tertiary/aromatic N) is 1. The first kappa shape index (κ1) is 15.9. The first-order chi connectivity index (χ1) is 8.84. The second-order valence-electron chi connectivity index (χ2n) is 3.68. The highest BCUT2D eigenvalue weighted by Gasteiger charge is 2.27. The highest BCUT2D eigenvalue weighted by atomic mass is 35.5. The number of halogens is 2. The molecule has 0 spiro atoms. The summed E-state index contributed by atoms with van der Waals surface area (Å²) in [7, 11) is -4.14. The Labute approximate surface area is 116 Å². The molecule has 1 aromatic rings. The molecular weight excluding hydrogens is 295 g/mol. The summed E-state index contributed by atoms with van der Waals surface area (Å²) in [6.45, 7) is 2.78. The average molecular weight is 309 g/mol. The number of anilines is 1. The lowest BCUT2D eigenvalue weighted by Crippen LogP contribution is -2.34. The summed E-state index contributed by atoms with van der Waals surface area (Å²) in [6, 6.07) is 2.11. The lowest BCUT2D eigenvalue weighted by Gasteiger charge is -2.20. The van der Waals surface area contributed by atoms with E-state index in [-0.39, 0.29) is 23.8 Å². The molecule has 0 aliphatic carbocycles. The van der Waals surface area contributed by atoms with Gasteiger partial charge in [-0.05, 0) is 12.1 Å². The molecule has 0 saturated heterocycles. The zero-order valence-electron chi connectivity index (χ0n) is 10.0. The molecule has 0 unspecified atom stereocenters. The molecule has 1 aromatic carbocycles. The fraction of sp³-hybridized carbons (Fsp3) is 0.273. The second-order valence-corrected chi connectivity index (χ2v) is 6.03. The Bertz CT molecular complexity index is 578. The van der Waals surface area contributed by atoms with Crippen LogP contribution in [0.3, 0.4) is 0 Å². The molecule has 0 radical (unpaired) electrons. The molecule has 0 aliphatic heterocycles. The van der Waals surface area contributed by atoms with Crippen LogP contribution in [-0.2, 0) is 10.0 Å². The number of nitrogen functional groups attached to an aromatic ring is 1. The maximum Gasteiger partial charge on any atom is 0.246 e. The molecule has 0 amide bonds. The number of hydrogen-bond donors (Lipinski definition) is 2. The van der Waals surface area contributed by atoms with Crippen molar-refractivity contribution in [1.29, 1.82) is 0 Å². The Hall–Kier alpha value is -1.15. The van der Waals surface area contributed by atoms with Crippen LogP contribution >= 0.6 is 11.6 Å². The van der Waals surface area contributed by atoms with Gasteiger partial charge >= 0.3 is 0 Å². The number of aliphatic hydroxyl groups is 1. The van der Waals surface area contributed by atoms with Crippen molar-refractivity contribution in [3.8, 4) is 0 Å². The molecule has 0 heterocycles. The van der Waals surface area contributed by atoms with Crippen LogP contribution in [0, 0.1) is 5.82 Å². The molecule has 19 heavy (non-hydrogen) atoms. The van der Waals surface area contributed by atoms with Crippen LogP contribution in [0.2, 0.25) is 5.02 Å². The molecule has 8 heteroatoms. The highest BCUT2D eigenvalue weighted by Crippen LogP contribution is 2.27. The lowest BCUT2D eigenvalue weighted by molar-refractivity contribution is 0.260. The topological polar surface area (TPSA) is 83.6 Å². The number of benzene rings is 1. The van der Waals surface area contributed by atoms with Gasteiger partial charge in [0.25, 0.3) is 0 Å². The zero-order chi connectivity index (χ0) is 14.6. The van der Waals surface area contributed by atoms with Crippen LogP contribution in [0.5, 0.6) is 0 Å². The third kappa shape index (κ3) is 3.44. The SMILES string of the molecule is C=CCN(CCO)S(=O)(=O)c1cc(Cl)cc(N)c1F. The smallest absolute Gasteiger partial charge is 0.246 e. The van der Waals surface area contributed by atoms with Gasteiger partial charge in [-0.3, -0.25) is 0 Å². The van der Waals surface area contributed by atoms with E-state index in [4.69, 9.17) is 22.4 Å². The maximum atomic E-state index is 13.8. The predicted molar refractivity (Wildman–Crippen MR) is 71.9 cm³/mol. The minimum absolute atomic E-state index is 0.0139. The standard InChI is InChI=1S/C11H14ClFN2O3S/c1-2-3-15(4-5-16)19(17,18)10-7-8(12)6-9(14)11(10)13/h2,6-7,16H,1,3-5,14H2. The molecule has 106 valence electrons. The molecule has 0 aromatic heterocycles. The van der Waals surface area contributed by atoms with Crippen molar-refractivity contribution in [2.75, 3.05) is 25.4 Å². The Morgan fingerprint density at radius 1 is 1.53 bits per heavy atom. The quantitative estimate of drug-likeness (QED) is 0.611. The average Bonchev–Trinajstić information content (AvgIpc) is 2.33. The van der Waals surface area contributed by atoms with Crippen molar-refractivity contribution in [2.45, 2.75) is 4.90 Å². The summed E-state index contributed by atoms with van der Waals surface area (Å²) in [5, 5.41) is 8.88. The van der Waals surface area contributed by atoms with Gasteiger partial charge in [0.1, 0.15) is 4.90 Å². The Morgan fingerprint density at radius 3 is 2.68 bits per heavy atom. The minimum atomic E-state index is -4.14. The van der Waals surface area contributed by atoms with Crippen LogP contribution in [0.4, 0.5) is 10.1 Å². The fourth-order valence-corrected chi connectivity index (χ4v) is 3.29. The van der Waals surface area contributed by atoms with E-state index in [0.29, 0.717) is 0 Å².